The van der Waals surface area contributed by atoms with Crippen LogP contribution in [0.1, 0.15) is 66.2 Å². The Bertz CT molecular complexity index is 616. The lowest BCUT2D eigenvalue weighted by Gasteiger charge is -2.41. The van der Waals surface area contributed by atoms with E-state index >= 15 is 0 Å². The molecule has 0 radical (unpaired) electrons. The Morgan fingerprint density at radius 2 is 1.87 bits per heavy atom. The smallest absolute Gasteiger partial charge is 0.314 e. The predicted octanol–water partition coefficient (Wildman–Crippen LogP) is 4.27. The van der Waals surface area contributed by atoms with Gasteiger partial charge in [-0.15, -0.1) is 0 Å². The number of esters is 1. The molecular weight excluding hydrogens is 288 g/mol. The molecule has 1 heterocycles. The van der Waals surface area contributed by atoms with Crippen molar-refractivity contribution in [3.8, 4) is 0 Å². The number of fused-ring (bicyclic) bond motifs is 1. The average molecular weight is 316 g/mol. The first-order valence-electron chi connectivity index (χ1n) is 9.27. The van der Waals surface area contributed by atoms with E-state index < -0.39 is 0 Å². The number of Topliss-reactive ketones (excluding diaryl/α,β-unsaturated/α-hetero) is 1. The lowest BCUT2D eigenvalue weighted by molar-refractivity contribution is -0.140. The van der Waals surface area contributed by atoms with Crippen LogP contribution >= 0.6 is 0 Å². The van der Waals surface area contributed by atoms with Crippen molar-refractivity contribution in [1.82, 2.24) is 0 Å². The molecule has 0 amide bonds. The minimum Gasteiger partial charge on any atom is -0.430 e. The minimum absolute atomic E-state index is 0.00972. The molecule has 3 nitrogen and oxygen atoms in total. The van der Waals surface area contributed by atoms with E-state index in [4.69, 9.17) is 4.74 Å². The monoisotopic (exact) mass is 316 g/mol. The Labute approximate surface area is 138 Å². The topological polar surface area (TPSA) is 43.4 Å². The summed E-state index contributed by atoms with van der Waals surface area (Å²) < 4.78 is 5.82. The molecule has 0 unspecified atom stereocenters. The van der Waals surface area contributed by atoms with Gasteiger partial charge in [0.2, 0.25) is 0 Å². The molecule has 1 saturated heterocycles. The number of allylic oxidation sites excluding steroid dienone is 2. The van der Waals surface area contributed by atoms with Gasteiger partial charge >= 0.3 is 5.97 Å². The molecule has 1 aliphatic heterocycles. The van der Waals surface area contributed by atoms with Crippen LogP contribution in [0.25, 0.3) is 0 Å². The Balaban J connectivity index is 1.92. The third-order valence-electron chi connectivity index (χ3n) is 7.55. The fraction of sp³-hybridized carbons (Fsp3) is 0.800. The summed E-state index contributed by atoms with van der Waals surface area (Å²) in [5, 5.41) is 0. The molecule has 3 heteroatoms. The van der Waals surface area contributed by atoms with Crippen molar-refractivity contribution in [2.75, 3.05) is 0 Å². The fourth-order valence-electron chi connectivity index (χ4n) is 6.30. The van der Waals surface area contributed by atoms with Crippen LogP contribution in [0.15, 0.2) is 11.3 Å². The molecule has 4 aliphatic rings. The van der Waals surface area contributed by atoms with Crippen molar-refractivity contribution in [1.29, 1.82) is 0 Å². The van der Waals surface area contributed by atoms with Crippen LogP contribution in [0.3, 0.4) is 0 Å². The summed E-state index contributed by atoms with van der Waals surface area (Å²) in [4.78, 5) is 25.4. The maximum Gasteiger partial charge on any atom is 0.314 e. The van der Waals surface area contributed by atoms with Gasteiger partial charge in [-0.1, -0.05) is 34.1 Å². The number of carbonyl (C=O) groups excluding carboxylic acids is 2. The lowest BCUT2D eigenvalue weighted by atomic mass is 9.61. The zero-order valence-electron chi connectivity index (χ0n) is 14.8. The third kappa shape index (κ3) is 1.88. The van der Waals surface area contributed by atoms with Gasteiger partial charge in [-0.2, -0.15) is 0 Å². The summed E-state index contributed by atoms with van der Waals surface area (Å²) in [6, 6.07) is 0. The van der Waals surface area contributed by atoms with Gasteiger partial charge in [-0.3, -0.25) is 9.59 Å². The van der Waals surface area contributed by atoms with Gasteiger partial charge in [0.05, 0.1) is 5.92 Å². The van der Waals surface area contributed by atoms with E-state index in [9.17, 15) is 9.59 Å². The number of rotatable bonds is 1. The van der Waals surface area contributed by atoms with Crippen molar-refractivity contribution in [3.05, 3.63) is 11.3 Å². The van der Waals surface area contributed by atoms with Crippen LogP contribution in [-0.2, 0) is 14.3 Å². The molecule has 4 rings (SSSR count). The first kappa shape index (κ1) is 15.4. The number of hydrogen-bond donors (Lipinski definition) is 0. The second kappa shape index (κ2) is 4.70. The van der Waals surface area contributed by atoms with E-state index in [1.165, 1.54) is 0 Å². The predicted molar refractivity (Wildman–Crippen MR) is 87.3 cm³/mol. The summed E-state index contributed by atoms with van der Waals surface area (Å²) >= 11 is 0. The van der Waals surface area contributed by atoms with E-state index in [1.54, 1.807) is 0 Å². The van der Waals surface area contributed by atoms with Crippen molar-refractivity contribution in [2.24, 2.45) is 34.5 Å². The molecule has 0 aromatic carbocycles. The first-order chi connectivity index (χ1) is 10.8. The van der Waals surface area contributed by atoms with Crippen LogP contribution in [0.2, 0.25) is 0 Å². The molecule has 0 N–H and O–H groups in total. The largest absolute Gasteiger partial charge is 0.430 e. The summed E-state index contributed by atoms with van der Waals surface area (Å²) in [5.74, 6) is 1.94. The Kier molecular flexibility index (Phi) is 3.15. The van der Waals surface area contributed by atoms with Crippen LogP contribution < -0.4 is 0 Å². The molecule has 0 aromatic heterocycles. The second-order valence-electron chi connectivity index (χ2n) is 9.19. The molecule has 0 spiro atoms. The molecule has 5 atom stereocenters. The van der Waals surface area contributed by atoms with Gasteiger partial charge in [0.1, 0.15) is 5.76 Å². The number of ether oxygens (including phenoxy) is 1. The number of hydrogen-bond acceptors (Lipinski definition) is 3. The molecule has 0 aromatic rings. The molecular formula is C20H28O3. The summed E-state index contributed by atoms with van der Waals surface area (Å²) in [6.45, 7) is 9.03. The summed E-state index contributed by atoms with van der Waals surface area (Å²) in [6.07, 6.45) is 5.96. The highest BCUT2D eigenvalue weighted by Crippen LogP contribution is 2.64. The Hall–Kier alpha value is -1.12. The van der Waals surface area contributed by atoms with E-state index in [2.05, 4.69) is 27.7 Å². The van der Waals surface area contributed by atoms with Gasteiger partial charge in [0.25, 0.3) is 0 Å². The Morgan fingerprint density at radius 1 is 1.13 bits per heavy atom. The highest BCUT2D eigenvalue weighted by atomic mass is 16.5. The van der Waals surface area contributed by atoms with Gasteiger partial charge in [0.15, 0.2) is 5.78 Å². The lowest BCUT2D eigenvalue weighted by Crippen LogP contribution is -2.36. The Morgan fingerprint density at radius 3 is 2.57 bits per heavy atom. The van der Waals surface area contributed by atoms with Crippen LogP contribution in [0.4, 0.5) is 0 Å². The molecule has 3 fully saturated rings. The maximum atomic E-state index is 12.9. The van der Waals surface area contributed by atoms with Gasteiger partial charge in [-0.25, -0.2) is 0 Å². The van der Waals surface area contributed by atoms with E-state index in [0.29, 0.717) is 18.3 Å². The second-order valence-corrected chi connectivity index (χ2v) is 9.19. The minimum atomic E-state index is -0.115. The summed E-state index contributed by atoms with van der Waals surface area (Å²) in [5.41, 5.74) is 0.894. The van der Waals surface area contributed by atoms with Crippen LogP contribution in [0.5, 0.6) is 0 Å². The quantitative estimate of drug-likeness (QED) is 0.679. The standard InChI is InChI=1S/C20H28O3/c1-11(2)13-10-14(21)16-17-15-12(18(22)23-17)6-5-7-19(15,3)8-9-20(13,16)4/h11-13,15H,5-10H2,1-4H3/t12-,13+,15-,19-,20+/m0/s1. The first-order valence-corrected chi connectivity index (χ1v) is 9.27. The van der Waals surface area contributed by atoms with Gasteiger partial charge in [0, 0.05) is 23.3 Å². The van der Waals surface area contributed by atoms with Crippen molar-refractivity contribution >= 4 is 11.8 Å². The van der Waals surface area contributed by atoms with E-state index in [0.717, 1.165) is 43.4 Å². The highest BCUT2D eigenvalue weighted by molar-refractivity contribution is 6.01. The van der Waals surface area contributed by atoms with Crippen molar-refractivity contribution in [3.63, 3.8) is 0 Å². The van der Waals surface area contributed by atoms with Crippen molar-refractivity contribution in [2.45, 2.75) is 66.2 Å². The number of ketones is 1. The summed E-state index contributed by atoms with van der Waals surface area (Å²) in [7, 11) is 0. The fourth-order valence-corrected chi connectivity index (χ4v) is 6.30. The van der Waals surface area contributed by atoms with E-state index in [-0.39, 0.29) is 34.4 Å². The van der Waals surface area contributed by atoms with Gasteiger partial charge < -0.3 is 4.74 Å². The zero-order valence-corrected chi connectivity index (χ0v) is 14.8. The highest BCUT2D eigenvalue weighted by Gasteiger charge is 2.61. The molecule has 126 valence electrons. The molecule has 3 aliphatic carbocycles. The zero-order chi connectivity index (χ0) is 16.6. The normalized spacial score (nSPS) is 45.9. The average Bonchev–Trinajstić information content (AvgIpc) is 2.90. The van der Waals surface area contributed by atoms with E-state index in [1.807, 2.05) is 0 Å². The molecule has 0 bridgehead atoms. The molecule has 2 saturated carbocycles. The maximum absolute atomic E-state index is 12.9. The molecule has 23 heavy (non-hydrogen) atoms. The number of carbonyl (C=O) groups is 2. The van der Waals surface area contributed by atoms with Crippen molar-refractivity contribution < 1.29 is 14.3 Å². The van der Waals surface area contributed by atoms with Crippen LogP contribution in [0, 0.1) is 34.5 Å². The van der Waals surface area contributed by atoms with Gasteiger partial charge in [-0.05, 0) is 42.9 Å². The van der Waals surface area contributed by atoms with Crippen LogP contribution in [-0.4, -0.2) is 11.8 Å². The SMILES string of the molecule is CC(C)[C@H]1CC(=O)C2=C3OC(=O)[C@H]4CCC[C@@](C)(CC[C@@]21C)[C@H]34. The third-order valence-corrected chi connectivity index (χ3v) is 7.55.